The summed E-state index contributed by atoms with van der Waals surface area (Å²) in [7, 11) is -4.12. The molecule has 7 nitrogen and oxygen atoms in total. The Kier molecular flexibility index (Phi) is 10.9. The van der Waals surface area contributed by atoms with E-state index in [0.29, 0.717) is 12.1 Å². The summed E-state index contributed by atoms with van der Waals surface area (Å²) in [6.45, 7) is 3.56. The zero-order valence-corrected chi connectivity index (χ0v) is 27.5. The van der Waals surface area contributed by atoms with Crippen LogP contribution in [0.25, 0.3) is 0 Å². The highest BCUT2D eigenvalue weighted by atomic mass is 32.2. The second kappa shape index (κ2) is 15.2. The van der Waals surface area contributed by atoms with Crippen LogP contribution in [-0.2, 0) is 32.6 Å². The van der Waals surface area contributed by atoms with Crippen LogP contribution in [0.5, 0.6) is 0 Å². The topological polar surface area (TPSA) is 86.8 Å². The molecule has 1 saturated carbocycles. The van der Waals surface area contributed by atoms with Crippen LogP contribution in [0.2, 0.25) is 0 Å². The lowest BCUT2D eigenvalue weighted by Gasteiger charge is -2.35. The SMILES string of the molecule is Cc1cccc(N(CC(=O)N(Cc2ccccc2C)[C@@H](Cc2ccccc2)C(=O)NC2CCCCC2)S(=O)(=O)c2ccccc2)c1. The lowest BCUT2D eigenvalue weighted by molar-refractivity contribution is -0.140. The summed E-state index contributed by atoms with van der Waals surface area (Å²) in [5.41, 5.74) is 4.05. The van der Waals surface area contributed by atoms with E-state index in [1.165, 1.54) is 16.4 Å². The Hall–Kier alpha value is -4.43. The van der Waals surface area contributed by atoms with Gasteiger partial charge in [0.25, 0.3) is 10.0 Å². The van der Waals surface area contributed by atoms with Crippen molar-refractivity contribution in [3.8, 4) is 0 Å². The van der Waals surface area contributed by atoms with Crippen LogP contribution in [0.3, 0.4) is 0 Å². The first-order valence-corrected chi connectivity index (χ1v) is 17.5. The molecule has 1 atom stereocenters. The molecule has 0 aliphatic heterocycles. The molecule has 1 aliphatic rings. The first-order chi connectivity index (χ1) is 22.2. The highest BCUT2D eigenvalue weighted by molar-refractivity contribution is 7.92. The Morgan fingerprint density at radius 3 is 2.13 bits per heavy atom. The van der Waals surface area contributed by atoms with E-state index in [0.717, 1.165) is 54.4 Å². The third kappa shape index (κ3) is 8.23. The number of rotatable bonds is 12. The van der Waals surface area contributed by atoms with Gasteiger partial charge in [0.1, 0.15) is 12.6 Å². The fourth-order valence-electron chi connectivity index (χ4n) is 6.10. The van der Waals surface area contributed by atoms with E-state index in [2.05, 4.69) is 5.32 Å². The number of sulfonamides is 1. The molecule has 0 aromatic heterocycles. The maximum atomic E-state index is 14.7. The lowest BCUT2D eigenvalue weighted by atomic mass is 9.94. The van der Waals surface area contributed by atoms with Crippen molar-refractivity contribution in [3.05, 3.63) is 131 Å². The van der Waals surface area contributed by atoms with Crippen molar-refractivity contribution in [3.63, 3.8) is 0 Å². The fourth-order valence-corrected chi connectivity index (χ4v) is 7.53. The largest absolute Gasteiger partial charge is 0.352 e. The lowest BCUT2D eigenvalue weighted by Crippen LogP contribution is -2.55. The van der Waals surface area contributed by atoms with E-state index >= 15 is 0 Å². The third-order valence-electron chi connectivity index (χ3n) is 8.72. The number of benzene rings is 4. The summed E-state index contributed by atoms with van der Waals surface area (Å²) in [6.07, 6.45) is 5.39. The van der Waals surface area contributed by atoms with Crippen molar-refractivity contribution in [1.29, 1.82) is 0 Å². The highest BCUT2D eigenvalue weighted by Gasteiger charge is 2.35. The molecule has 0 saturated heterocycles. The van der Waals surface area contributed by atoms with Gasteiger partial charge in [-0.25, -0.2) is 8.42 Å². The van der Waals surface area contributed by atoms with Crippen LogP contribution in [0.1, 0.15) is 54.4 Å². The quantitative estimate of drug-likeness (QED) is 0.190. The molecule has 0 heterocycles. The van der Waals surface area contributed by atoms with Gasteiger partial charge in [-0.1, -0.05) is 104 Å². The number of hydrogen-bond donors (Lipinski definition) is 1. The van der Waals surface area contributed by atoms with Crippen molar-refractivity contribution in [2.24, 2.45) is 0 Å². The minimum absolute atomic E-state index is 0.0530. The number of nitrogens with one attached hydrogen (secondary N) is 1. The van der Waals surface area contributed by atoms with Crippen LogP contribution in [0.4, 0.5) is 5.69 Å². The van der Waals surface area contributed by atoms with E-state index in [-0.39, 0.29) is 23.4 Å². The number of anilines is 1. The highest BCUT2D eigenvalue weighted by Crippen LogP contribution is 2.26. The third-order valence-corrected chi connectivity index (χ3v) is 10.5. The van der Waals surface area contributed by atoms with Gasteiger partial charge >= 0.3 is 0 Å². The predicted octanol–water partition coefficient (Wildman–Crippen LogP) is 6.59. The van der Waals surface area contributed by atoms with Crippen molar-refractivity contribution in [2.45, 2.75) is 75.9 Å². The van der Waals surface area contributed by atoms with Crippen LogP contribution in [0, 0.1) is 13.8 Å². The maximum absolute atomic E-state index is 14.7. The molecule has 46 heavy (non-hydrogen) atoms. The van der Waals surface area contributed by atoms with Gasteiger partial charge in [-0.3, -0.25) is 13.9 Å². The van der Waals surface area contributed by atoms with Crippen LogP contribution in [-0.4, -0.2) is 43.8 Å². The van der Waals surface area contributed by atoms with Gasteiger partial charge in [0, 0.05) is 19.0 Å². The molecule has 4 aromatic rings. The first-order valence-electron chi connectivity index (χ1n) is 16.0. The number of nitrogens with zero attached hydrogens (tertiary/aromatic N) is 2. The van der Waals surface area contributed by atoms with Crippen molar-refractivity contribution < 1.29 is 18.0 Å². The number of aryl methyl sites for hydroxylation is 2. The van der Waals surface area contributed by atoms with Gasteiger partial charge in [0.05, 0.1) is 10.6 Å². The second-order valence-corrected chi connectivity index (χ2v) is 14.0. The zero-order valence-electron chi connectivity index (χ0n) is 26.6. The molecule has 8 heteroatoms. The van der Waals surface area contributed by atoms with Crippen LogP contribution in [0.15, 0.2) is 114 Å². The average molecular weight is 638 g/mol. The van der Waals surface area contributed by atoms with E-state index in [9.17, 15) is 18.0 Å². The number of amides is 2. The monoisotopic (exact) mass is 637 g/mol. The average Bonchev–Trinajstić information content (AvgIpc) is 3.07. The Morgan fingerprint density at radius 2 is 1.46 bits per heavy atom. The standard InChI is InChI=1S/C38H43N3O4S/c1-29-15-14-22-34(25-29)41(46(44,45)35-23-10-5-11-24-35)28-37(42)40(27-32-19-13-12-16-30(32)2)36(26-31-17-6-3-7-18-31)38(43)39-33-20-8-4-9-21-33/h3,5-7,10-19,22-25,33,36H,4,8-9,20-21,26-28H2,1-2H3,(H,39,43)/t36-/m0/s1. The van der Waals surface area contributed by atoms with E-state index in [1.54, 1.807) is 41.3 Å². The van der Waals surface area contributed by atoms with Crippen molar-refractivity contribution in [1.82, 2.24) is 10.2 Å². The van der Waals surface area contributed by atoms with Crippen LogP contribution < -0.4 is 9.62 Å². The van der Waals surface area contributed by atoms with Crippen molar-refractivity contribution >= 4 is 27.5 Å². The minimum atomic E-state index is -4.12. The molecule has 1 N–H and O–H groups in total. The van der Waals surface area contributed by atoms with Gasteiger partial charge in [-0.15, -0.1) is 0 Å². The summed E-state index contributed by atoms with van der Waals surface area (Å²) in [5.74, 6) is -0.672. The summed E-state index contributed by atoms with van der Waals surface area (Å²) in [5, 5.41) is 3.26. The number of carbonyl (C=O) groups is 2. The Bertz CT molecular complexity index is 1720. The molecular formula is C38H43N3O4S. The maximum Gasteiger partial charge on any atom is 0.264 e. The molecule has 240 valence electrons. The molecule has 5 rings (SSSR count). The summed E-state index contributed by atoms with van der Waals surface area (Å²) < 4.78 is 29.5. The zero-order chi connectivity index (χ0) is 32.5. The van der Waals surface area contributed by atoms with Crippen molar-refractivity contribution in [2.75, 3.05) is 10.8 Å². The predicted molar refractivity (Wildman–Crippen MR) is 183 cm³/mol. The van der Waals surface area contributed by atoms with Gasteiger partial charge < -0.3 is 10.2 Å². The van der Waals surface area contributed by atoms with E-state index < -0.39 is 28.5 Å². The molecule has 0 unspecified atom stereocenters. The molecular weight excluding hydrogens is 595 g/mol. The minimum Gasteiger partial charge on any atom is -0.352 e. The Morgan fingerprint density at radius 1 is 0.804 bits per heavy atom. The molecule has 1 fully saturated rings. The smallest absolute Gasteiger partial charge is 0.264 e. The first kappa shape index (κ1) is 32.9. The Balaban J connectivity index is 1.56. The number of hydrogen-bond acceptors (Lipinski definition) is 4. The fraction of sp³-hybridized carbons (Fsp3) is 0.316. The molecule has 0 radical (unpaired) electrons. The normalized spacial score (nSPS) is 14.3. The van der Waals surface area contributed by atoms with Gasteiger partial charge in [0.2, 0.25) is 11.8 Å². The van der Waals surface area contributed by atoms with Crippen LogP contribution >= 0.6 is 0 Å². The number of carbonyl (C=O) groups excluding carboxylic acids is 2. The molecule has 0 spiro atoms. The van der Waals surface area contributed by atoms with Gasteiger partial charge in [0.15, 0.2) is 0 Å². The summed E-state index contributed by atoms with van der Waals surface area (Å²) in [4.78, 5) is 30.6. The summed E-state index contributed by atoms with van der Waals surface area (Å²) in [6, 6.07) is 31.9. The van der Waals surface area contributed by atoms with Gasteiger partial charge in [-0.05, 0) is 73.2 Å². The second-order valence-electron chi connectivity index (χ2n) is 12.2. The molecule has 2 amide bonds. The summed E-state index contributed by atoms with van der Waals surface area (Å²) >= 11 is 0. The molecule has 4 aromatic carbocycles. The van der Waals surface area contributed by atoms with Gasteiger partial charge in [-0.2, -0.15) is 0 Å². The van der Waals surface area contributed by atoms with E-state index in [4.69, 9.17) is 0 Å². The molecule has 1 aliphatic carbocycles. The molecule has 0 bridgehead atoms. The van der Waals surface area contributed by atoms with E-state index in [1.807, 2.05) is 74.5 Å². The Labute approximate surface area is 273 Å².